The molecule has 2 aromatic rings. The smallest absolute Gasteiger partial charge is 0.337 e. The predicted octanol–water partition coefficient (Wildman–Crippen LogP) is 4.92. The van der Waals surface area contributed by atoms with Gasteiger partial charge in [0.15, 0.2) is 0 Å². The lowest BCUT2D eigenvalue weighted by Crippen LogP contribution is -2.29. The minimum atomic E-state index is -0.292. The summed E-state index contributed by atoms with van der Waals surface area (Å²) in [5.41, 5.74) is 7.14. The van der Waals surface area contributed by atoms with Gasteiger partial charge in [0.1, 0.15) is 0 Å². The molecule has 1 N–H and O–H groups in total. The zero-order valence-electron chi connectivity index (χ0n) is 14.9. The molecule has 0 spiro atoms. The molecule has 128 valence electrons. The molecule has 3 heteroatoms. The van der Waals surface area contributed by atoms with Crippen LogP contribution in [0.4, 0.5) is 5.69 Å². The van der Waals surface area contributed by atoms with Gasteiger partial charge in [0, 0.05) is 11.6 Å². The average molecular weight is 333 g/mol. The second-order valence-corrected chi connectivity index (χ2v) is 7.13. The second-order valence-electron chi connectivity index (χ2n) is 7.13. The Morgan fingerprint density at radius 1 is 1.16 bits per heavy atom. The van der Waals surface area contributed by atoms with E-state index < -0.39 is 0 Å². The Hall–Kier alpha value is -2.55. The summed E-state index contributed by atoms with van der Waals surface area (Å²) in [4.78, 5) is 11.7. The summed E-state index contributed by atoms with van der Waals surface area (Å²) in [6.07, 6.45) is 5.75. The van der Waals surface area contributed by atoms with Crippen molar-refractivity contribution in [2.24, 2.45) is 5.92 Å². The van der Waals surface area contributed by atoms with Crippen molar-refractivity contribution in [2.45, 2.75) is 32.2 Å². The molecule has 0 saturated heterocycles. The fourth-order valence-corrected chi connectivity index (χ4v) is 4.42. The van der Waals surface area contributed by atoms with Crippen LogP contribution in [0.5, 0.6) is 0 Å². The second kappa shape index (κ2) is 6.07. The summed E-state index contributed by atoms with van der Waals surface area (Å²) >= 11 is 0. The zero-order chi connectivity index (χ0) is 17.6. The van der Waals surface area contributed by atoms with Crippen molar-refractivity contribution in [3.05, 3.63) is 76.4 Å². The van der Waals surface area contributed by atoms with Crippen LogP contribution in [0, 0.1) is 19.8 Å². The van der Waals surface area contributed by atoms with E-state index in [1.807, 2.05) is 24.3 Å². The molecule has 0 fully saturated rings. The molecule has 0 saturated carbocycles. The van der Waals surface area contributed by atoms with Gasteiger partial charge >= 0.3 is 5.97 Å². The highest BCUT2D eigenvalue weighted by molar-refractivity contribution is 5.89. The Kier molecular flexibility index (Phi) is 3.87. The number of rotatable bonds is 2. The average Bonchev–Trinajstić information content (AvgIpc) is 3.09. The van der Waals surface area contributed by atoms with Crippen LogP contribution in [-0.2, 0) is 4.74 Å². The number of ether oxygens (including phenoxy) is 1. The van der Waals surface area contributed by atoms with Gasteiger partial charge in [-0.3, -0.25) is 0 Å². The third-order valence-corrected chi connectivity index (χ3v) is 5.51. The van der Waals surface area contributed by atoms with Crippen molar-refractivity contribution in [3.8, 4) is 0 Å². The lowest BCUT2D eigenvalue weighted by Gasteiger charge is -2.38. The fourth-order valence-electron chi connectivity index (χ4n) is 4.42. The highest BCUT2D eigenvalue weighted by Crippen LogP contribution is 2.50. The van der Waals surface area contributed by atoms with Crippen LogP contribution in [-0.4, -0.2) is 13.1 Å². The molecule has 1 heterocycles. The lowest BCUT2D eigenvalue weighted by atomic mass is 9.75. The molecule has 3 nitrogen and oxygen atoms in total. The van der Waals surface area contributed by atoms with Gasteiger partial charge in [-0.15, -0.1) is 0 Å². The quantitative estimate of drug-likeness (QED) is 0.626. The molecular weight excluding hydrogens is 310 g/mol. The molecule has 1 aliphatic heterocycles. The molecule has 3 unspecified atom stereocenters. The summed E-state index contributed by atoms with van der Waals surface area (Å²) in [6.45, 7) is 4.36. The maximum atomic E-state index is 11.7. The molecule has 3 atom stereocenters. The third-order valence-electron chi connectivity index (χ3n) is 5.51. The zero-order valence-corrected chi connectivity index (χ0v) is 14.9. The first kappa shape index (κ1) is 15.9. The van der Waals surface area contributed by atoms with E-state index >= 15 is 0 Å². The first-order valence-corrected chi connectivity index (χ1v) is 8.81. The molecular formula is C22H23NO2. The summed E-state index contributed by atoms with van der Waals surface area (Å²) in [5, 5.41) is 3.77. The highest BCUT2D eigenvalue weighted by Gasteiger charge is 2.38. The number of esters is 1. The van der Waals surface area contributed by atoms with Crippen LogP contribution in [0.15, 0.2) is 48.6 Å². The Labute approximate surface area is 148 Å². The maximum Gasteiger partial charge on any atom is 0.337 e. The number of hydrogen-bond acceptors (Lipinski definition) is 3. The van der Waals surface area contributed by atoms with Crippen molar-refractivity contribution in [1.82, 2.24) is 0 Å². The summed E-state index contributed by atoms with van der Waals surface area (Å²) < 4.78 is 4.80. The molecule has 0 bridgehead atoms. The summed E-state index contributed by atoms with van der Waals surface area (Å²) in [6, 6.07) is 12.6. The minimum Gasteiger partial charge on any atom is -0.465 e. The number of anilines is 1. The highest BCUT2D eigenvalue weighted by atomic mass is 16.5. The first-order chi connectivity index (χ1) is 12.1. The van der Waals surface area contributed by atoms with Crippen LogP contribution in [0.3, 0.4) is 0 Å². The van der Waals surface area contributed by atoms with E-state index in [1.165, 1.54) is 35.1 Å². The Morgan fingerprint density at radius 3 is 2.64 bits per heavy atom. The number of benzene rings is 2. The van der Waals surface area contributed by atoms with Gasteiger partial charge in [-0.1, -0.05) is 30.4 Å². The predicted molar refractivity (Wildman–Crippen MR) is 100 cm³/mol. The van der Waals surface area contributed by atoms with E-state index in [2.05, 4.69) is 43.4 Å². The Bertz CT molecular complexity index is 851. The van der Waals surface area contributed by atoms with E-state index in [0.717, 1.165) is 6.42 Å². The largest absolute Gasteiger partial charge is 0.465 e. The number of hydrogen-bond donors (Lipinski definition) is 1. The van der Waals surface area contributed by atoms with Crippen molar-refractivity contribution in [2.75, 3.05) is 12.4 Å². The molecule has 2 aliphatic rings. The third kappa shape index (κ3) is 2.64. The minimum absolute atomic E-state index is 0.250. The summed E-state index contributed by atoms with van der Waals surface area (Å²) in [7, 11) is 1.41. The van der Waals surface area contributed by atoms with E-state index in [4.69, 9.17) is 4.74 Å². The van der Waals surface area contributed by atoms with Crippen LogP contribution in [0.25, 0.3) is 0 Å². The van der Waals surface area contributed by atoms with Crippen molar-refractivity contribution >= 4 is 11.7 Å². The normalized spacial score (nSPS) is 23.6. The van der Waals surface area contributed by atoms with E-state index in [9.17, 15) is 4.79 Å². The van der Waals surface area contributed by atoms with Crippen molar-refractivity contribution in [1.29, 1.82) is 0 Å². The lowest BCUT2D eigenvalue weighted by molar-refractivity contribution is 0.0600. The van der Waals surface area contributed by atoms with E-state index in [1.54, 1.807) is 0 Å². The molecule has 2 aromatic carbocycles. The van der Waals surface area contributed by atoms with E-state index in [0.29, 0.717) is 17.4 Å². The SMILES string of the molecule is COC(=O)c1ccc(C2Nc3cc(C)cc(C)c3C3C=CCC32)cc1. The molecule has 25 heavy (non-hydrogen) atoms. The van der Waals surface area contributed by atoms with Crippen LogP contribution < -0.4 is 5.32 Å². The standard InChI is InChI=1S/C22H23NO2/c1-13-11-14(2)20-17-5-4-6-18(17)21(23-19(20)12-13)15-7-9-16(10-8-15)22(24)25-3/h4-5,7-12,17-18,21,23H,6H2,1-3H3. The number of carbonyl (C=O) groups excluding carboxylic acids is 1. The summed E-state index contributed by atoms with van der Waals surface area (Å²) in [5.74, 6) is 0.681. The van der Waals surface area contributed by atoms with Gasteiger partial charge in [0.25, 0.3) is 0 Å². The number of allylic oxidation sites excluding steroid dienone is 2. The Morgan fingerprint density at radius 2 is 1.92 bits per heavy atom. The molecule has 1 aliphatic carbocycles. The van der Waals surface area contributed by atoms with Crippen LogP contribution >= 0.6 is 0 Å². The molecule has 0 amide bonds. The van der Waals surface area contributed by atoms with Gasteiger partial charge in [0.2, 0.25) is 0 Å². The monoisotopic (exact) mass is 333 g/mol. The topological polar surface area (TPSA) is 38.3 Å². The van der Waals surface area contributed by atoms with Crippen LogP contribution in [0.1, 0.15) is 51.0 Å². The molecule has 0 radical (unpaired) electrons. The van der Waals surface area contributed by atoms with Crippen molar-refractivity contribution < 1.29 is 9.53 Å². The number of aryl methyl sites for hydroxylation is 2. The van der Waals surface area contributed by atoms with Gasteiger partial charge in [-0.25, -0.2) is 4.79 Å². The van der Waals surface area contributed by atoms with Crippen molar-refractivity contribution in [3.63, 3.8) is 0 Å². The first-order valence-electron chi connectivity index (χ1n) is 8.81. The number of carbonyl (C=O) groups is 1. The molecule has 4 rings (SSSR count). The van der Waals surface area contributed by atoms with Gasteiger partial charge in [0.05, 0.1) is 18.7 Å². The van der Waals surface area contributed by atoms with Gasteiger partial charge in [-0.05, 0) is 66.6 Å². The van der Waals surface area contributed by atoms with Gasteiger partial charge in [-0.2, -0.15) is 0 Å². The van der Waals surface area contributed by atoms with Crippen LogP contribution in [0.2, 0.25) is 0 Å². The maximum absolute atomic E-state index is 11.7. The number of fused-ring (bicyclic) bond motifs is 3. The molecule has 0 aromatic heterocycles. The number of nitrogens with one attached hydrogen (secondary N) is 1. The number of methoxy groups -OCH3 is 1. The van der Waals surface area contributed by atoms with Gasteiger partial charge < -0.3 is 10.1 Å². The Balaban J connectivity index is 1.73. The fraction of sp³-hybridized carbons (Fsp3) is 0.318. The van der Waals surface area contributed by atoms with E-state index in [-0.39, 0.29) is 12.0 Å².